The Kier molecular flexibility index (Phi) is 3.31. The first kappa shape index (κ1) is 11.1. The maximum Gasteiger partial charge on any atom is 0.234 e. The second-order valence-corrected chi connectivity index (χ2v) is 3.64. The standard InChI is InChI=1S/C13H11N3O/c14-6-5-13(17)16-9-10-3-4-12-11(8-10)2-1-7-15-12/h1-4,7-8H,5,9H2,(H,16,17). The summed E-state index contributed by atoms with van der Waals surface area (Å²) in [7, 11) is 0. The Hall–Kier alpha value is -2.41. The highest BCUT2D eigenvalue weighted by Crippen LogP contribution is 2.12. The summed E-state index contributed by atoms with van der Waals surface area (Å²) < 4.78 is 0. The van der Waals surface area contributed by atoms with Crippen LogP contribution in [-0.2, 0) is 11.3 Å². The van der Waals surface area contributed by atoms with E-state index in [1.54, 1.807) is 6.20 Å². The van der Waals surface area contributed by atoms with Crippen LogP contribution >= 0.6 is 0 Å². The first-order chi connectivity index (χ1) is 8.29. The molecule has 1 aromatic heterocycles. The highest BCUT2D eigenvalue weighted by molar-refractivity contribution is 5.80. The van der Waals surface area contributed by atoms with Gasteiger partial charge in [0.1, 0.15) is 6.42 Å². The number of benzene rings is 1. The van der Waals surface area contributed by atoms with Gasteiger partial charge in [-0.3, -0.25) is 9.78 Å². The zero-order chi connectivity index (χ0) is 12.1. The molecule has 0 saturated heterocycles. The molecule has 0 spiro atoms. The first-order valence-electron chi connectivity index (χ1n) is 5.27. The number of fused-ring (bicyclic) bond motifs is 1. The van der Waals surface area contributed by atoms with Crippen molar-refractivity contribution in [2.75, 3.05) is 0 Å². The number of carbonyl (C=O) groups is 1. The lowest BCUT2D eigenvalue weighted by Crippen LogP contribution is -2.21. The molecule has 0 fully saturated rings. The number of hydrogen-bond acceptors (Lipinski definition) is 3. The van der Waals surface area contributed by atoms with E-state index in [-0.39, 0.29) is 12.3 Å². The van der Waals surface area contributed by atoms with Crippen LogP contribution in [0.4, 0.5) is 0 Å². The number of nitrogens with one attached hydrogen (secondary N) is 1. The number of rotatable bonds is 3. The highest BCUT2D eigenvalue weighted by atomic mass is 16.1. The lowest BCUT2D eigenvalue weighted by atomic mass is 10.1. The predicted molar refractivity (Wildman–Crippen MR) is 63.8 cm³/mol. The minimum Gasteiger partial charge on any atom is -0.351 e. The lowest BCUT2D eigenvalue weighted by molar-refractivity contribution is -0.120. The molecule has 0 radical (unpaired) electrons. The van der Waals surface area contributed by atoms with Gasteiger partial charge in [0.25, 0.3) is 0 Å². The number of pyridine rings is 1. The van der Waals surface area contributed by atoms with E-state index in [9.17, 15) is 4.79 Å². The van der Waals surface area contributed by atoms with E-state index in [1.165, 1.54) is 0 Å². The summed E-state index contributed by atoms with van der Waals surface area (Å²) in [6, 6.07) is 11.5. The van der Waals surface area contributed by atoms with Crippen molar-refractivity contribution in [1.29, 1.82) is 5.26 Å². The number of carbonyl (C=O) groups excluding carboxylic acids is 1. The Morgan fingerprint density at radius 1 is 1.41 bits per heavy atom. The molecule has 0 atom stereocenters. The SMILES string of the molecule is N#CCC(=O)NCc1ccc2ncccc2c1. The maximum absolute atomic E-state index is 11.1. The summed E-state index contributed by atoms with van der Waals surface area (Å²) in [5, 5.41) is 12.1. The van der Waals surface area contributed by atoms with Gasteiger partial charge in [0, 0.05) is 18.1 Å². The number of aromatic nitrogens is 1. The molecule has 17 heavy (non-hydrogen) atoms. The summed E-state index contributed by atoms with van der Waals surface area (Å²) in [4.78, 5) is 15.4. The smallest absolute Gasteiger partial charge is 0.234 e. The van der Waals surface area contributed by atoms with Gasteiger partial charge in [0.15, 0.2) is 0 Å². The number of hydrogen-bond donors (Lipinski definition) is 1. The molecule has 1 aromatic carbocycles. The molecule has 2 aromatic rings. The third-order valence-electron chi connectivity index (χ3n) is 2.40. The molecule has 1 N–H and O–H groups in total. The van der Waals surface area contributed by atoms with Crippen molar-refractivity contribution in [2.45, 2.75) is 13.0 Å². The van der Waals surface area contributed by atoms with Crippen molar-refractivity contribution in [1.82, 2.24) is 10.3 Å². The summed E-state index contributed by atoms with van der Waals surface area (Å²) in [5.41, 5.74) is 1.93. The summed E-state index contributed by atoms with van der Waals surface area (Å²) in [5.74, 6) is -0.251. The molecule has 0 saturated carbocycles. The Bertz CT molecular complexity index is 586. The lowest BCUT2D eigenvalue weighted by Gasteiger charge is -2.04. The average molecular weight is 225 g/mol. The molecule has 2 rings (SSSR count). The molecular formula is C13H11N3O. The monoisotopic (exact) mass is 225 g/mol. The fourth-order valence-electron chi connectivity index (χ4n) is 1.57. The molecule has 4 nitrogen and oxygen atoms in total. The van der Waals surface area contributed by atoms with Gasteiger partial charge in [-0.25, -0.2) is 0 Å². The van der Waals surface area contributed by atoms with Gasteiger partial charge in [-0.15, -0.1) is 0 Å². The molecule has 1 heterocycles. The van der Waals surface area contributed by atoms with Crippen molar-refractivity contribution >= 4 is 16.8 Å². The maximum atomic E-state index is 11.1. The van der Waals surface area contributed by atoms with Crippen LogP contribution in [0, 0.1) is 11.3 Å². The number of amides is 1. The van der Waals surface area contributed by atoms with Gasteiger partial charge < -0.3 is 5.32 Å². The van der Waals surface area contributed by atoms with Crippen molar-refractivity contribution in [3.63, 3.8) is 0 Å². The van der Waals surface area contributed by atoms with Crippen molar-refractivity contribution in [2.24, 2.45) is 0 Å². The van der Waals surface area contributed by atoms with E-state index in [1.807, 2.05) is 36.4 Å². The van der Waals surface area contributed by atoms with Crippen LogP contribution in [0.2, 0.25) is 0 Å². The van der Waals surface area contributed by atoms with Gasteiger partial charge in [0.2, 0.25) is 5.91 Å². The molecule has 0 aliphatic heterocycles. The van der Waals surface area contributed by atoms with E-state index in [0.717, 1.165) is 16.5 Å². The fraction of sp³-hybridized carbons (Fsp3) is 0.154. The van der Waals surface area contributed by atoms with Crippen LogP contribution in [-0.4, -0.2) is 10.9 Å². The zero-order valence-electron chi connectivity index (χ0n) is 9.18. The molecule has 0 bridgehead atoms. The summed E-state index contributed by atoms with van der Waals surface area (Å²) in [6.07, 6.45) is 1.64. The minimum atomic E-state index is -0.251. The number of nitriles is 1. The highest BCUT2D eigenvalue weighted by Gasteiger charge is 2.01. The minimum absolute atomic E-state index is 0.102. The Balaban J connectivity index is 2.10. The summed E-state index contributed by atoms with van der Waals surface area (Å²) >= 11 is 0. The Labute approximate surface area is 98.9 Å². The Morgan fingerprint density at radius 2 is 2.29 bits per heavy atom. The van der Waals surface area contributed by atoms with E-state index >= 15 is 0 Å². The molecule has 84 valence electrons. The topological polar surface area (TPSA) is 65.8 Å². The second-order valence-electron chi connectivity index (χ2n) is 3.64. The normalized spacial score (nSPS) is 9.82. The molecule has 4 heteroatoms. The van der Waals surface area contributed by atoms with E-state index < -0.39 is 0 Å². The third kappa shape index (κ3) is 2.79. The van der Waals surface area contributed by atoms with Gasteiger partial charge in [-0.2, -0.15) is 5.26 Å². The molecule has 0 unspecified atom stereocenters. The van der Waals surface area contributed by atoms with E-state index in [4.69, 9.17) is 5.26 Å². The first-order valence-corrected chi connectivity index (χ1v) is 5.27. The predicted octanol–water partition coefficient (Wildman–Crippen LogP) is 1.76. The third-order valence-corrected chi connectivity index (χ3v) is 2.40. The quantitative estimate of drug-likeness (QED) is 0.865. The zero-order valence-corrected chi connectivity index (χ0v) is 9.18. The van der Waals surface area contributed by atoms with Crippen LogP contribution < -0.4 is 5.32 Å². The fourth-order valence-corrected chi connectivity index (χ4v) is 1.57. The molecule has 0 aliphatic rings. The van der Waals surface area contributed by atoms with Crippen LogP contribution in [0.1, 0.15) is 12.0 Å². The molecule has 0 aliphatic carbocycles. The molecular weight excluding hydrogens is 214 g/mol. The van der Waals surface area contributed by atoms with Crippen LogP contribution in [0.3, 0.4) is 0 Å². The van der Waals surface area contributed by atoms with Crippen LogP contribution in [0.15, 0.2) is 36.5 Å². The van der Waals surface area contributed by atoms with Crippen LogP contribution in [0.5, 0.6) is 0 Å². The van der Waals surface area contributed by atoms with Crippen molar-refractivity contribution < 1.29 is 4.79 Å². The molecule has 1 amide bonds. The van der Waals surface area contributed by atoms with Gasteiger partial charge in [-0.1, -0.05) is 12.1 Å². The van der Waals surface area contributed by atoms with Crippen molar-refractivity contribution in [3.05, 3.63) is 42.1 Å². The van der Waals surface area contributed by atoms with Crippen LogP contribution in [0.25, 0.3) is 10.9 Å². The second kappa shape index (κ2) is 5.08. The number of nitrogens with zero attached hydrogens (tertiary/aromatic N) is 2. The van der Waals surface area contributed by atoms with Crippen molar-refractivity contribution in [3.8, 4) is 6.07 Å². The average Bonchev–Trinajstić information content (AvgIpc) is 2.36. The van der Waals surface area contributed by atoms with Gasteiger partial charge in [0.05, 0.1) is 11.6 Å². The largest absolute Gasteiger partial charge is 0.351 e. The van der Waals surface area contributed by atoms with Gasteiger partial charge in [-0.05, 0) is 23.8 Å². The Morgan fingerprint density at radius 3 is 3.12 bits per heavy atom. The van der Waals surface area contributed by atoms with E-state index in [2.05, 4.69) is 10.3 Å². The summed E-state index contributed by atoms with van der Waals surface area (Å²) in [6.45, 7) is 0.436. The van der Waals surface area contributed by atoms with E-state index in [0.29, 0.717) is 6.54 Å². The van der Waals surface area contributed by atoms with Gasteiger partial charge >= 0.3 is 0 Å².